The second-order valence-corrected chi connectivity index (χ2v) is 4.86. The van der Waals surface area contributed by atoms with Crippen molar-refractivity contribution in [3.05, 3.63) is 23.5 Å². The van der Waals surface area contributed by atoms with Crippen LogP contribution in [-0.2, 0) is 13.0 Å². The molecular formula is C11H17NOS. The lowest BCUT2D eigenvalue weighted by molar-refractivity contribution is 0.157. The summed E-state index contributed by atoms with van der Waals surface area (Å²) in [7, 11) is 0. The Labute approximate surface area is 89.3 Å². The molecule has 1 aliphatic carbocycles. The van der Waals surface area contributed by atoms with E-state index in [1.54, 1.807) is 0 Å². The quantitative estimate of drug-likeness (QED) is 0.829. The zero-order valence-electron chi connectivity index (χ0n) is 8.57. The van der Waals surface area contributed by atoms with E-state index in [4.69, 9.17) is 0 Å². The van der Waals surface area contributed by atoms with Gasteiger partial charge >= 0.3 is 0 Å². The number of aliphatic hydroxyl groups is 1. The molecule has 1 aromatic rings. The van der Waals surface area contributed by atoms with Crippen LogP contribution in [0.5, 0.6) is 0 Å². The molecule has 1 aliphatic rings. The Bertz CT molecular complexity index is 308. The van der Waals surface area contributed by atoms with Crippen LogP contribution in [-0.4, -0.2) is 21.7 Å². The van der Waals surface area contributed by atoms with Crippen LogP contribution < -0.4 is 0 Å². The summed E-state index contributed by atoms with van der Waals surface area (Å²) in [5.74, 6) is 1.14. The lowest BCUT2D eigenvalue weighted by atomic mass is 9.93. The monoisotopic (exact) mass is 211 g/mol. The molecule has 3 heteroatoms. The first-order valence-corrected chi connectivity index (χ1v) is 6.56. The molecule has 1 N–H and O–H groups in total. The molecule has 0 amide bonds. The van der Waals surface area contributed by atoms with Crippen LogP contribution in [0.25, 0.3) is 0 Å². The average Bonchev–Trinajstić information content (AvgIpc) is 2.59. The van der Waals surface area contributed by atoms with E-state index in [2.05, 4.69) is 23.2 Å². The highest BCUT2D eigenvalue weighted by molar-refractivity contribution is 7.98. The van der Waals surface area contributed by atoms with Gasteiger partial charge in [0.1, 0.15) is 0 Å². The fraction of sp³-hybridized carbons (Fsp3) is 0.636. The number of fused-ring (bicyclic) bond motifs is 1. The van der Waals surface area contributed by atoms with Gasteiger partial charge in [0.25, 0.3) is 0 Å². The molecule has 0 bridgehead atoms. The van der Waals surface area contributed by atoms with Gasteiger partial charge in [-0.15, -0.1) is 0 Å². The van der Waals surface area contributed by atoms with Gasteiger partial charge in [-0.2, -0.15) is 11.8 Å². The minimum Gasteiger partial charge on any atom is -0.388 e. The summed E-state index contributed by atoms with van der Waals surface area (Å²) >= 11 is 1.86. The molecule has 0 spiro atoms. The van der Waals surface area contributed by atoms with Crippen molar-refractivity contribution in [2.24, 2.45) is 0 Å². The first-order chi connectivity index (χ1) is 6.81. The third-order valence-corrected chi connectivity index (χ3v) is 3.42. The Balaban J connectivity index is 2.13. The summed E-state index contributed by atoms with van der Waals surface area (Å²) in [5.41, 5.74) is 2.52. The highest BCUT2D eigenvalue weighted by atomic mass is 32.2. The summed E-state index contributed by atoms with van der Waals surface area (Å²) in [6.07, 6.45) is 9.43. The lowest BCUT2D eigenvalue weighted by Gasteiger charge is -2.16. The number of aryl methyl sites for hydroxylation is 2. The molecule has 0 saturated carbocycles. The van der Waals surface area contributed by atoms with Gasteiger partial charge in [0, 0.05) is 30.3 Å². The topological polar surface area (TPSA) is 25.2 Å². The fourth-order valence-corrected chi connectivity index (χ4v) is 2.44. The van der Waals surface area contributed by atoms with Crippen molar-refractivity contribution in [1.29, 1.82) is 0 Å². The molecule has 1 atom stereocenters. The number of aromatic nitrogens is 1. The number of nitrogens with zero attached hydrogens (tertiary/aromatic N) is 1. The maximum Gasteiger partial charge on any atom is 0.0807 e. The van der Waals surface area contributed by atoms with Gasteiger partial charge < -0.3 is 9.67 Å². The van der Waals surface area contributed by atoms with E-state index in [9.17, 15) is 5.11 Å². The molecule has 0 saturated heterocycles. The van der Waals surface area contributed by atoms with Gasteiger partial charge in [-0.1, -0.05) is 0 Å². The Hall–Kier alpha value is -0.410. The zero-order chi connectivity index (χ0) is 9.97. The van der Waals surface area contributed by atoms with Crippen molar-refractivity contribution in [3.63, 3.8) is 0 Å². The number of aliphatic hydroxyl groups excluding tert-OH is 1. The predicted octanol–water partition coefficient (Wildman–Crippen LogP) is 2.22. The van der Waals surface area contributed by atoms with E-state index in [0.717, 1.165) is 37.1 Å². The van der Waals surface area contributed by atoms with E-state index in [1.165, 1.54) is 5.56 Å². The minimum atomic E-state index is -0.214. The van der Waals surface area contributed by atoms with E-state index >= 15 is 0 Å². The molecule has 1 aromatic heterocycles. The van der Waals surface area contributed by atoms with Crippen LogP contribution in [0.4, 0.5) is 0 Å². The zero-order valence-corrected chi connectivity index (χ0v) is 9.39. The second kappa shape index (κ2) is 4.41. The van der Waals surface area contributed by atoms with Crippen LogP contribution in [0.1, 0.15) is 30.1 Å². The van der Waals surface area contributed by atoms with Gasteiger partial charge in [-0.05, 0) is 31.1 Å². The number of hydrogen-bond donors (Lipinski definition) is 1. The van der Waals surface area contributed by atoms with Crippen molar-refractivity contribution < 1.29 is 5.11 Å². The molecule has 2 nitrogen and oxygen atoms in total. The standard InChI is InChI=1S/C11H17NOS/c1-14-6-5-12-7-9-3-2-4-11(13)10(9)8-12/h7-8,11,13H,2-6H2,1H3. The first kappa shape index (κ1) is 10.1. The molecule has 0 aromatic carbocycles. The summed E-state index contributed by atoms with van der Waals surface area (Å²) in [4.78, 5) is 0. The van der Waals surface area contributed by atoms with Crippen LogP contribution in [0, 0.1) is 0 Å². The summed E-state index contributed by atoms with van der Waals surface area (Å²) < 4.78 is 2.22. The summed E-state index contributed by atoms with van der Waals surface area (Å²) in [6, 6.07) is 0. The summed E-state index contributed by atoms with van der Waals surface area (Å²) in [5, 5.41) is 9.78. The molecule has 0 radical (unpaired) electrons. The van der Waals surface area contributed by atoms with Crippen LogP contribution in [0.15, 0.2) is 12.4 Å². The van der Waals surface area contributed by atoms with Crippen molar-refractivity contribution in [2.45, 2.75) is 31.9 Å². The molecular weight excluding hydrogens is 194 g/mol. The Kier molecular flexibility index (Phi) is 3.19. The van der Waals surface area contributed by atoms with E-state index < -0.39 is 0 Å². The smallest absolute Gasteiger partial charge is 0.0807 e. The van der Waals surface area contributed by atoms with Crippen LogP contribution >= 0.6 is 11.8 Å². The SMILES string of the molecule is CSCCn1cc2c(c1)C(O)CCC2. The number of hydrogen-bond acceptors (Lipinski definition) is 2. The van der Waals surface area contributed by atoms with Crippen molar-refractivity contribution in [2.75, 3.05) is 12.0 Å². The maximum absolute atomic E-state index is 9.78. The second-order valence-electron chi connectivity index (χ2n) is 3.88. The Morgan fingerprint density at radius 1 is 1.57 bits per heavy atom. The molecule has 78 valence electrons. The van der Waals surface area contributed by atoms with Crippen LogP contribution in [0.2, 0.25) is 0 Å². The van der Waals surface area contributed by atoms with Crippen molar-refractivity contribution in [1.82, 2.24) is 4.57 Å². The maximum atomic E-state index is 9.78. The van der Waals surface area contributed by atoms with E-state index in [0.29, 0.717) is 0 Å². The number of rotatable bonds is 3. The van der Waals surface area contributed by atoms with Gasteiger partial charge in [-0.25, -0.2) is 0 Å². The fourth-order valence-electron chi connectivity index (χ4n) is 2.05. The van der Waals surface area contributed by atoms with Gasteiger partial charge in [0.05, 0.1) is 6.10 Å². The van der Waals surface area contributed by atoms with E-state index in [-0.39, 0.29) is 6.10 Å². The molecule has 1 unspecified atom stereocenters. The number of thioether (sulfide) groups is 1. The van der Waals surface area contributed by atoms with Gasteiger partial charge in [-0.3, -0.25) is 0 Å². The Morgan fingerprint density at radius 3 is 3.14 bits per heavy atom. The molecule has 2 rings (SSSR count). The molecule has 1 heterocycles. The summed E-state index contributed by atoms with van der Waals surface area (Å²) in [6.45, 7) is 1.06. The van der Waals surface area contributed by atoms with Crippen molar-refractivity contribution >= 4 is 11.8 Å². The largest absolute Gasteiger partial charge is 0.388 e. The first-order valence-electron chi connectivity index (χ1n) is 5.17. The minimum absolute atomic E-state index is 0.214. The molecule has 0 fully saturated rings. The molecule has 14 heavy (non-hydrogen) atoms. The Morgan fingerprint density at radius 2 is 2.43 bits per heavy atom. The normalized spacial score (nSPS) is 20.9. The van der Waals surface area contributed by atoms with Crippen LogP contribution in [0.3, 0.4) is 0 Å². The third kappa shape index (κ3) is 1.98. The van der Waals surface area contributed by atoms with E-state index in [1.807, 2.05) is 11.8 Å². The molecule has 0 aliphatic heterocycles. The lowest BCUT2D eigenvalue weighted by Crippen LogP contribution is -2.05. The average molecular weight is 211 g/mol. The third-order valence-electron chi connectivity index (χ3n) is 2.83. The van der Waals surface area contributed by atoms with Gasteiger partial charge in [0.15, 0.2) is 0 Å². The highest BCUT2D eigenvalue weighted by Gasteiger charge is 2.19. The van der Waals surface area contributed by atoms with Gasteiger partial charge in [0.2, 0.25) is 0 Å². The highest BCUT2D eigenvalue weighted by Crippen LogP contribution is 2.30. The van der Waals surface area contributed by atoms with Crippen molar-refractivity contribution in [3.8, 4) is 0 Å². The predicted molar refractivity (Wildman–Crippen MR) is 60.7 cm³/mol.